The van der Waals surface area contributed by atoms with Gasteiger partial charge in [0.05, 0.1) is 24.1 Å². The molecule has 238 valence electrons. The number of nitrogens with zero attached hydrogens (tertiary/aromatic N) is 2. The molecule has 0 aliphatic heterocycles. The predicted octanol–water partition coefficient (Wildman–Crippen LogP) is 4.56. The zero-order chi connectivity index (χ0) is 33.0. The minimum atomic E-state index is -2.41. The normalized spacial score (nSPS) is 11.9. The summed E-state index contributed by atoms with van der Waals surface area (Å²) in [6.45, 7) is 4.40. The fourth-order valence-electron chi connectivity index (χ4n) is 4.31. The van der Waals surface area contributed by atoms with E-state index >= 15 is 0 Å². The van der Waals surface area contributed by atoms with Gasteiger partial charge in [0, 0.05) is 18.5 Å². The average molecular weight is 622 g/mol. The maximum Gasteiger partial charge on any atom is 0.407 e. The summed E-state index contributed by atoms with van der Waals surface area (Å²) in [5.74, 6) is -3.00. The summed E-state index contributed by atoms with van der Waals surface area (Å²) in [6, 6.07) is 18.3. The highest BCUT2D eigenvalue weighted by Crippen LogP contribution is 2.34. The summed E-state index contributed by atoms with van der Waals surface area (Å²) in [5, 5.41) is 13.9. The first-order chi connectivity index (χ1) is 21.3. The van der Waals surface area contributed by atoms with Crippen molar-refractivity contribution in [1.29, 1.82) is 0 Å². The van der Waals surface area contributed by atoms with Crippen molar-refractivity contribution < 1.29 is 43.0 Å². The van der Waals surface area contributed by atoms with Gasteiger partial charge in [-0.15, -0.1) is 0 Å². The Balaban J connectivity index is 2.13. The third kappa shape index (κ3) is 9.85. The monoisotopic (exact) mass is 621 g/mol. The molecular formula is C32H35N3O10. The number of aromatic nitrogens is 1. The molecule has 13 heteroatoms. The second kappa shape index (κ2) is 15.4. The number of pyridine rings is 1. The molecule has 1 heterocycles. The third-order valence-corrected chi connectivity index (χ3v) is 6.43. The van der Waals surface area contributed by atoms with E-state index in [1.165, 1.54) is 0 Å². The van der Waals surface area contributed by atoms with E-state index in [1.54, 1.807) is 81.4 Å². The number of methoxy groups -OCH3 is 1. The molecule has 0 saturated heterocycles. The van der Waals surface area contributed by atoms with Gasteiger partial charge in [-0.05, 0) is 38.0 Å². The van der Waals surface area contributed by atoms with Crippen LogP contribution in [0.2, 0.25) is 0 Å². The number of hydrogen-bond donors (Lipinski definition) is 1. The zero-order valence-corrected chi connectivity index (χ0v) is 25.4. The molecule has 3 aromatic rings. The van der Waals surface area contributed by atoms with Crippen LogP contribution in [0.25, 0.3) is 0 Å². The predicted molar refractivity (Wildman–Crippen MR) is 159 cm³/mol. The van der Waals surface area contributed by atoms with E-state index in [0.717, 1.165) is 25.4 Å². The zero-order valence-electron chi connectivity index (χ0n) is 25.4. The minimum Gasteiger partial charge on any atom is -0.469 e. The van der Waals surface area contributed by atoms with Gasteiger partial charge in [0.1, 0.15) is 25.0 Å². The van der Waals surface area contributed by atoms with Gasteiger partial charge in [0.25, 0.3) is 5.69 Å². The molecular weight excluding hydrogens is 586 g/mol. The number of alkyl carbamates (subject to hydrolysis) is 1. The first-order valence-corrected chi connectivity index (χ1v) is 13.9. The Morgan fingerprint density at radius 1 is 0.867 bits per heavy atom. The highest BCUT2D eigenvalue weighted by molar-refractivity contribution is 6.06. The summed E-state index contributed by atoms with van der Waals surface area (Å²) >= 11 is 0. The van der Waals surface area contributed by atoms with Gasteiger partial charge < -0.3 is 24.3 Å². The maximum atomic E-state index is 14.2. The van der Waals surface area contributed by atoms with Gasteiger partial charge in [-0.25, -0.2) is 4.79 Å². The molecule has 0 fully saturated rings. The number of nitro groups is 1. The van der Waals surface area contributed by atoms with Gasteiger partial charge in [0.2, 0.25) is 5.41 Å². The van der Waals surface area contributed by atoms with Crippen molar-refractivity contribution in [3.63, 3.8) is 0 Å². The van der Waals surface area contributed by atoms with Crippen molar-refractivity contribution in [2.75, 3.05) is 7.11 Å². The van der Waals surface area contributed by atoms with Gasteiger partial charge in [0.15, 0.2) is 0 Å². The molecule has 0 bridgehead atoms. The topological polar surface area (TPSA) is 173 Å². The first kappa shape index (κ1) is 34.2. The van der Waals surface area contributed by atoms with Crippen LogP contribution < -0.4 is 5.32 Å². The lowest BCUT2D eigenvalue weighted by Gasteiger charge is -2.32. The van der Waals surface area contributed by atoms with Crippen molar-refractivity contribution in [2.24, 2.45) is 0 Å². The van der Waals surface area contributed by atoms with Crippen LogP contribution in [0.3, 0.4) is 0 Å². The molecule has 1 aromatic heterocycles. The molecule has 45 heavy (non-hydrogen) atoms. The van der Waals surface area contributed by atoms with Gasteiger partial charge in [-0.2, -0.15) is 0 Å². The Morgan fingerprint density at radius 2 is 1.40 bits per heavy atom. The van der Waals surface area contributed by atoms with E-state index in [2.05, 4.69) is 10.3 Å². The van der Waals surface area contributed by atoms with E-state index in [-0.39, 0.29) is 18.9 Å². The van der Waals surface area contributed by atoms with E-state index in [9.17, 15) is 29.3 Å². The van der Waals surface area contributed by atoms with E-state index in [1.807, 2.05) is 0 Å². The largest absolute Gasteiger partial charge is 0.469 e. The standard InChI is InChI=1S/C32H35N3O10/c1-31(2,3)45-30(39)34-24(17-27(36)42-4)18-32(26-16-15-25(19-33-26)35(40)41,28(37)43-20-22-11-7-5-8-12-22)29(38)44-21-23-13-9-6-10-14-23/h5-16,19,24H,17-18,20-21H2,1-4H3,(H,34,39)/t24-/m1/s1. The number of rotatable bonds is 13. The second-order valence-electron chi connectivity index (χ2n) is 11.0. The molecule has 13 nitrogen and oxygen atoms in total. The lowest BCUT2D eigenvalue weighted by Crippen LogP contribution is -2.52. The lowest BCUT2D eigenvalue weighted by atomic mass is 9.77. The van der Waals surface area contributed by atoms with E-state index in [4.69, 9.17) is 18.9 Å². The van der Waals surface area contributed by atoms with E-state index < -0.39 is 64.5 Å². The number of carbonyl (C=O) groups is 4. The molecule has 1 N–H and O–H groups in total. The number of ether oxygens (including phenoxy) is 4. The first-order valence-electron chi connectivity index (χ1n) is 13.9. The van der Waals surface area contributed by atoms with Crippen molar-refractivity contribution in [3.8, 4) is 0 Å². The molecule has 3 rings (SSSR count). The third-order valence-electron chi connectivity index (χ3n) is 6.43. The Kier molecular flexibility index (Phi) is 11.7. The summed E-state index contributed by atoms with van der Waals surface area (Å²) in [5.41, 5.74) is -2.78. The highest BCUT2D eigenvalue weighted by Gasteiger charge is 2.54. The molecule has 0 aliphatic rings. The van der Waals surface area contributed by atoms with Crippen LogP contribution in [0.5, 0.6) is 0 Å². The van der Waals surface area contributed by atoms with Crippen molar-refractivity contribution in [1.82, 2.24) is 10.3 Å². The summed E-state index contributed by atoms with van der Waals surface area (Å²) in [4.78, 5) is 68.4. The molecule has 0 radical (unpaired) electrons. The van der Waals surface area contributed by atoms with Gasteiger partial charge in [-0.3, -0.25) is 29.5 Å². The number of nitrogens with one attached hydrogen (secondary N) is 1. The average Bonchev–Trinajstić information content (AvgIpc) is 3.01. The molecule has 2 aromatic carbocycles. The van der Waals surface area contributed by atoms with Crippen molar-refractivity contribution in [2.45, 2.75) is 63.9 Å². The lowest BCUT2D eigenvalue weighted by molar-refractivity contribution is -0.385. The smallest absolute Gasteiger partial charge is 0.407 e. The number of benzene rings is 2. The molecule has 1 amide bonds. The fraction of sp³-hybridized carbons (Fsp3) is 0.344. The molecule has 0 unspecified atom stereocenters. The van der Waals surface area contributed by atoms with Crippen LogP contribution in [0.4, 0.5) is 10.5 Å². The molecule has 0 saturated carbocycles. The van der Waals surface area contributed by atoms with Crippen molar-refractivity contribution in [3.05, 3.63) is 106 Å². The van der Waals surface area contributed by atoms with Crippen LogP contribution in [0.15, 0.2) is 79.0 Å². The number of carbonyl (C=O) groups excluding carboxylic acids is 4. The second-order valence-corrected chi connectivity index (χ2v) is 11.0. The van der Waals surface area contributed by atoms with E-state index in [0.29, 0.717) is 11.1 Å². The van der Waals surface area contributed by atoms with Crippen LogP contribution >= 0.6 is 0 Å². The Hall–Kier alpha value is -5.33. The SMILES string of the molecule is COC(=O)C[C@H](CC(C(=O)OCc1ccccc1)(C(=O)OCc1ccccc1)c1ccc([N+](=O)[O-])cn1)NC(=O)OC(C)(C)C. The quantitative estimate of drug-likeness (QED) is 0.0932. The Morgan fingerprint density at radius 3 is 1.82 bits per heavy atom. The maximum absolute atomic E-state index is 14.2. The highest BCUT2D eigenvalue weighted by atomic mass is 16.6. The minimum absolute atomic E-state index is 0.248. The molecule has 0 aliphatic carbocycles. The summed E-state index contributed by atoms with van der Waals surface area (Å²) in [6.07, 6.45) is -1.14. The molecule has 0 spiro atoms. The summed E-state index contributed by atoms with van der Waals surface area (Å²) in [7, 11) is 1.14. The molecule has 1 atom stereocenters. The van der Waals surface area contributed by atoms with Gasteiger partial charge >= 0.3 is 24.0 Å². The Bertz CT molecular complexity index is 1420. The van der Waals surface area contributed by atoms with Crippen LogP contribution in [-0.2, 0) is 52.0 Å². The Labute approximate surface area is 260 Å². The van der Waals surface area contributed by atoms with Crippen LogP contribution in [-0.4, -0.2) is 52.7 Å². The van der Waals surface area contributed by atoms with Crippen LogP contribution in [0, 0.1) is 10.1 Å². The number of hydrogen-bond acceptors (Lipinski definition) is 11. The fourth-order valence-corrected chi connectivity index (χ4v) is 4.31. The van der Waals surface area contributed by atoms with Gasteiger partial charge in [-0.1, -0.05) is 60.7 Å². The van der Waals surface area contributed by atoms with Crippen LogP contribution in [0.1, 0.15) is 50.4 Å². The van der Waals surface area contributed by atoms with Crippen molar-refractivity contribution >= 4 is 29.7 Å². The summed E-state index contributed by atoms with van der Waals surface area (Å²) < 4.78 is 21.4. The number of esters is 3. The number of amides is 1.